The van der Waals surface area contributed by atoms with Crippen LogP contribution in [0.15, 0.2) is 30.5 Å². The number of nitrogens with one attached hydrogen (secondary N) is 1. The van der Waals surface area contributed by atoms with Crippen LogP contribution in [0.25, 0.3) is 0 Å². The Morgan fingerprint density at radius 2 is 1.83 bits per heavy atom. The predicted octanol–water partition coefficient (Wildman–Crippen LogP) is 3.16. The predicted molar refractivity (Wildman–Crippen MR) is 108 cm³/mol. The van der Waals surface area contributed by atoms with E-state index in [0.717, 1.165) is 54.7 Å². The molecule has 0 aliphatic carbocycles. The molecule has 1 amide bonds. The van der Waals surface area contributed by atoms with Gasteiger partial charge in [-0.15, -0.1) is 0 Å². The molecule has 0 unspecified atom stereocenters. The second kappa shape index (κ2) is 9.18. The van der Waals surface area contributed by atoms with E-state index in [1.807, 2.05) is 24.3 Å². The van der Waals surface area contributed by atoms with Crippen molar-refractivity contribution in [2.75, 3.05) is 33.2 Å². The van der Waals surface area contributed by atoms with Gasteiger partial charge in [-0.05, 0) is 32.0 Å². The number of carbonyl (C=O) groups excluding carboxylic acids is 1. The number of hydrogen-bond acceptors (Lipinski definition) is 4. The van der Waals surface area contributed by atoms with Gasteiger partial charge in [0.2, 0.25) is 0 Å². The highest BCUT2D eigenvalue weighted by molar-refractivity contribution is 5.95. The van der Waals surface area contributed by atoms with E-state index in [1.54, 1.807) is 13.8 Å². The maximum atomic E-state index is 13.5. The minimum Gasteiger partial charge on any atom is -0.348 e. The molecule has 164 valence electrons. The Hall–Kier alpha value is -2.39. The molecule has 1 saturated heterocycles. The first-order chi connectivity index (χ1) is 14.1. The molecule has 1 aliphatic rings. The molecule has 1 aromatic heterocycles. The van der Waals surface area contributed by atoms with Crippen LogP contribution in [-0.2, 0) is 19.3 Å². The molecule has 0 atom stereocenters. The number of piperazine rings is 1. The van der Waals surface area contributed by atoms with Crippen LogP contribution in [0.4, 0.5) is 13.2 Å². The van der Waals surface area contributed by atoms with E-state index in [4.69, 9.17) is 0 Å². The number of benzene rings is 1. The smallest absolute Gasteiger partial charge is 0.348 e. The molecule has 30 heavy (non-hydrogen) atoms. The van der Waals surface area contributed by atoms with Gasteiger partial charge >= 0.3 is 6.18 Å². The van der Waals surface area contributed by atoms with Crippen LogP contribution in [0.5, 0.6) is 0 Å². The van der Waals surface area contributed by atoms with Crippen molar-refractivity contribution in [1.82, 2.24) is 24.9 Å². The molecule has 0 radical (unpaired) electrons. The van der Waals surface area contributed by atoms with Crippen molar-refractivity contribution in [2.45, 2.75) is 39.2 Å². The monoisotopic (exact) mass is 423 g/mol. The number of halogens is 3. The number of amides is 1. The summed E-state index contributed by atoms with van der Waals surface area (Å²) in [6.45, 7) is 8.21. The Kier molecular flexibility index (Phi) is 6.82. The lowest BCUT2D eigenvalue weighted by atomic mass is 10.1. The van der Waals surface area contributed by atoms with E-state index in [1.165, 1.54) is 0 Å². The lowest BCUT2D eigenvalue weighted by Crippen LogP contribution is -2.43. The van der Waals surface area contributed by atoms with E-state index < -0.39 is 29.4 Å². The van der Waals surface area contributed by atoms with E-state index in [0.29, 0.717) is 0 Å². The third-order valence-electron chi connectivity index (χ3n) is 5.24. The van der Waals surface area contributed by atoms with Crippen molar-refractivity contribution in [3.05, 3.63) is 52.8 Å². The highest BCUT2D eigenvalue weighted by Crippen LogP contribution is 2.33. The number of rotatable bonds is 6. The molecular formula is C21H28F3N5O. The average molecular weight is 423 g/mol. The SMILES string of the molecule is CC(C)n1ncc(C(=O)NCc2cccc(CN3CCN(C)CC3)c2)c1C(F)(F)F. The molecule has 0 spiro atoms. The summed E-state index contributed by atoms with van der Waals surface area (Å²) in [7, 11) is 2.11. The zero-order valence-electron chi connectivity index (χ0n) is 17.5. The maximum Gasteiger partial charge on any atom is 0.433 e. The lowest BCUT2D eigenvalue weighted by molar-refractivity contribution is -0.145. The van der Waals surface area contributed by atoms with Crippen molar-refractivity contribution in [2.24, 2.45) is 0 Å². The van der Waals surface area contributed by atoms with Gasteiger partial charge in [0.1, 0.15) is 0 Å². The summed E-state index contributed by atoms with van der Waals surface area (Å²) in [5.74, 6) is -0.779. The molecule has 1 aliphatic heterocycles. The third-order valence-corrected chi connectivity index (χ3v) is 5.24. The zero-order valence-corrected chi connectivity index (χ0v) is 17.5. The van der Waals surface area contributed by atoms with Crippen molar-refractivity contribution in [3.63, 3.8) is 0 Å². The van der Waals surface area contributed by atoms with Gasteiger partial charge in [-0.25, -0.2) is 0 Å². The highest BCUT2D eigenvalue weighted by atomic mass is 19.4. The molecule has 9 heteroatoms. The van der Waals surface area contributed by atoms with Crippen LogP contribution in [0.1, 0.15) is 47.1 Å². The topological polar surface area (TPSA) is 53.4 Å². The van der Waals surface area contributed by atoms with Gasteiger partial charge in [-0.2, -0.15) is 18.3 Å². The van der Waals surface area contributed by atoms with Crippen molar-refractivity contribution >= 4 is 5.91 Å². The van der Waals surface area contributed by atoms with Gasteiger partial charge < -0.3 is 10.2 Å². The Morgan fingerprint density at radius 1 is 1.17 bits per heavy atom. The van der Waals surface area contributed by atoms with Gasteiger partial charge in [0.15, 0.2) is 5.69 Å². The fourth-order valence-corrected chi connectivity index (χ4v) is 3.58. The number of likely N-dealkylation sites (N-methyl/N-ethyl adjacent to an activating group) is 1. The number of hydrogen-bond donors (Lipinski definition) is 1. The summed E-state index contributed by atoms with van der Waals surface area (Å²) in [6, 6.07) is 7.27. The van der Waals surface area contributed by atoms with Crippen molar-refractivity contribution in [3.8, 4) is 0 Å². The van der Waals surface area contributed by atoms with Crippen LogP contribution in [0.3, 0.4) is 0 Å². The maximum absolute atomic E-state index is 13.5. The van der Waals surface area contributed by atoms with Crippen LogP contribution in [0.2, 0.25) is 0 Å². The molecule has 0 saturated carbocycles. The Labute approximate surface area is 174 Å². The molecule has 0 bridgehead atoms. The average Bonchev–Trinajstić information content (AvgIpc) is 3.14. The van der Waals surface area contributed by atoms with Crippen molar-refractivity contribution < 1.29 is 18.0 Å². The number of carbonyl (C=O) groups is 1. The molecule has 2 heterocycles. The first-order valence-electron chi connectivity index (χ1n) is 10.1. The van der Waals surface area contributed by atoms with E-state index in [-0.39, 0.29) is 6.54 Å². The summed E-state index contributed by atoms with van der Waals surface area (Å²) in [5, 5.41) is 6.37. The van der Waals surface area contributed by atoms with Crippen LogP contribution >= 0.6 is 0 Å². The molecule has 1 aromatic carbocycles. The summed E-state index contributed by atoms with van der Waals surface area (Å²) >= 11 is 0. The summed E-state index contributed by atoms with van der Waals surface area (Å²) < 4.78 is 41.3. The number of aromatic nitrogens is 2. The molecular weight excluding hydrogens is 395 g/mol. The van der Waals surface area contributed by atoms with Crippen LogP contribution in [0, 0.1) is 0 Å². The second-order valence-electron chi connectivity index (χ2n) is 8.02. The quantitative estimate of drug-likeness (QED) is 0.776. The Balaban J connectivity index is 1.65. The summed E-state index contributed by atoms with van der Waals surface area (Å²) in [5.41, 5.74) is 0.498. The number of alkyl halides is 3. The number of nitrogens with zero attached hydrogens (tertiary/aromatic N) is 4. The zero-order chi connectivity index (χ0) is 21.9. The lowest BCUT2D eigenvalue weighted by Gasteiger charge is -2.32. The standard InChI is InChI=1S/C21H28F3N5O/c1-15(2)29-19(21(22,23)24)18(13-26-29)20(30)25-12-16-5-4-6-17(11-16)14-28-9-7-27(3)8-10-28/h4-6,11,13,15H,7-10,12,14H2,1-3H3,(H,25,30). The van der Waals surface area contributed by atoms with Gasteiger partial charge in [-0.3, -0.25) is 14.4 Å². The third kappa shape index (κ3) is 5.40. The minimum absolute atomic E-state index is 0.152. The second-order valence-corrected chi connectivity index (χ2v) is 8.02. The molecule has 1 fully saturated rings. The Morgan fingerprint density at radius 3 is 2.47 bits per heavy atom. The molecule has 3 rings (SSSR count). The Bertz CT molecular complexity index is 870. The fourth-order valence-electron chi connectivity index (χ4n) is 3.58. The normalized spacial score (nSPS) is 16.2. The van der Waals surface area contributed by atoms with E-state index >= 15 is 0 Å². The first kappa shape index (κ1) is 22.3. The summed E-state index contributed by atoms with van der Waals surface area (Å²) in [4.78, 5) is 17.1. The van der Waals surface area contributed by atoms with Gasteiger partial charge in [0.25, 0.3) is 5.91 Å². The molecule has 2 aromatic rings. The van der Waals surface area contributed by atoms with E-state index in [9.17, 15) is 18.0 Å². The highest BCUT2D eigenvalue weighted by Gasteiger charge is 2.40. The molecule has 1 N–H and O–H groups in total. The first-order valence-corrected chi connectivity index (χ1v) is 10.1. The summed E-state index contributed by atoms with van der Waals surface area (Å²) in [6.07, 6.45) is -3.67. The van der Waals surface area contributed by atoms with Gasteiger partial charge in [-0.1, -0.05) is 24.3 Å². The van der Waals surface area contributed by atoms with Gasteiger partial charge in [0.05, 0.1) is 11.8 Å². The van der Waals surface area contributed by atoms with Crippen LogP contribution in [-0.4, -0.2) is 58.7 Å². The fraction of sp³-hybridized carbons (Fsp3) is 0.524. The van der Waals surface area contributed by atoms with Crippen molar-refractivity contribution in [1.29, 1.82) is 0 Å². The minimum atomic E-state index is -4.66. The molecule has 6 nitrogen and oxygen atoms in total. The van der Waals surface area contributed by atoms with Crippen LogP contribution < -0.4 is 5.32 Å². The van der Waals surface area contributed by atoms with E-state index in [2.05, 4.69) is 27.3 Å². The van der Waals surface area contributed by atoms with Gasteiger partial charge in [0, 0.05) is 45.3 Å². The largest absolute Gasteiger partial charge is 0.433 e.